The van der Waals surface area contributed by atoms with Crippen LogP contribution < -0.4 is 15.7 Å². The van der Waals surface area contributed by atoms with Crippen molar-refractivity contribution in [3.05, 3.63) is 87.8 Å². The highest BCUT2D eigenvalue weighted by molar-refractivity contribution is 5.80. The van der Waals surface area contributed by atoms with Gasteiger partial charge in [0.2, 0.25) is 5.95 Å². The molecule has 0 saturated heterocycles. The minimum Gasteiger partial charge on any atom is -0.489 e. The van der Waals surface area contributed by atoms with E-state index in [2.05, 4.69) is 20.5 Å². The predicted molar refractivity (Wildman–Crippen MR) is 103 cm³/mol. The second kappa shape index (κ2) is 8.62. The third-order valence-corrected chi connectivity index (χ3v) is 3.67. The van der Waals surface area contributed by atoms with E-state index in [4.69, 9.17) is 4.74 Å². The van der Waals surface area contributed by atoms with Crippen LogP contribution in [0.15, 0.2) is 70.6 Å². The van der Waals surface area contributed by atoms with E-state index in [0.717, 1.165) is 16.9 Å². The molecule has 0 amide bonds. The maximum absolute atomic E-state index is 11.5. The number of hydrogen-bond donors (Lipinski definition) is 2. The highest BCUT2D eigenvalue weighted by atomic mass is 16.5. The van der Waals surface area contributed by atoms with E-state index in [1.165, 1.54) is 6.07 Å². The topological polar surface area (TPSA) is 79.4 Å². The average molecular weight is 348 g/mol. The molecule has 0 radical (unpaired) electrons. The lowest BCUT2D eigenvalue weighted by Crippen LogP contribution is -2.11. The molecule has 0 unspecified atom stereocenters. The normalized spacial score (nSPS) is 10.8. The van der Waals surface area contributed by atoms with Gasteiger partial charge in [0.1, 0.15) is 12.4 Å². The first kappa shape index (κ1) is 17.4. The van der Waals surface area contributed by atoms with Gasteiger partial charge >= 0.3 is 0 Å². The molecule has 6 nitrogen and oxygen atoms in total. The van der Waals surface area contributed by atoms with Crippen LogP contribution in [0.25, 0.3) is 0 Å². The van der Waals surface area contributed by atoms with Crippen molar-refractivity contribution >= 4 is 12.2 Å². The molecular weight excluding hydrogens is 328 g/mol. The van der Waals surface area contributed by atoms with E-state index in [0.29, 0.717) is 24.7 Å². The Bertz CT molecular complexity index is 919. The number of rotatable bonds is 7. The number of anilines is 1. The zero-order chi connectivity index (χ0) is 18.2. The van der Waals surface area contributed by atoms with Crippen LogP contribution in [0.2, 0.25) is 0 Å². The van der Waals surface area contributed by atoms with Gasteiger partial charge in [0.25, 0.3) is 5.56 Å². The Labute approximate surface area is 151 Å². The number of ether oxygens (including phenoxy) is 1. The number of benzene rings is 2. The third-order valence-electron chi connectivity index (χ3n) is 3.67. The molecule has 2 N–H and O–H groups in total. The quantitative estimate of drug-likeness (QED) is 0.507. The summed E-state index contributed by atoms with van der Waals surface area (Å²) < 4.78 is 5.75. The second-order valence-electron chi connectivity index (χ2n) is 5.65. The van der Waals surface area contributed by atoms with Gasteiger partial charge in [0.05, 0.1) is 6.21 Å². The van der Waals surface area contributed by atoms with Gasteiger partial charge in [0, 0.05) is 11.8 Å². The van der Waals surface area contributed by atoms with Gasteiger partial charge in [0.15, 0.2) is 0 Å². The standard InChI is InChI=1S/C20H20N4O2/c1-2-17-12-19(25)23-20(22-17)24-21-13-15-8-10-18(11-9-15)26-14-16-6-4-3-5-7-16/h3-13H,2,14H2,1H3,(H2,22,23,24,25)/b21-13-. The van der Waals surface area contributed by atoms with Gasteiger partial charge in [-0.05, 0) is 41.8 Å². The maximum atomic E-state index is 11.5. The molecule has 1 heterocycles. The molecule has 3 aromatic rings. The Morgan fingerprint density at radius 2 is 1.92 bits per heavy atom. The van der Waals surface area contributed by atoms with Gasteiger partial charge in [-0.25, -0.2) is 10.4 Å². The van der Waals surface area contributed by atoms with Gasteiger partial charge in [-0.1, -0.05) is 37.3 Å². The third kappa shape index (κ3) is 5.04. The Hall–Kier alpha value is -3.41. The summed E-state index contributed by atoms with van der Waals surface area (Å²) in [5, 5.41) is 4.10. The largest absolute Gasteiger partial charge is 0.489 e. The molecule has 26 heavy (non-hydrogen) atoms. The molecule has 0 bridgehead atoms. The summed E-state index contributed by atoms with van der Waals surface area (Å²) in [6.07, 6.45) is 2.34. The van der Waals surface area contributed by atoms with Crippen molar-refractivity contribution in [2.75, 3.05) is 5.43 Å². The lowest BCUT2D eigenvalue weighted by molar-refractivity contribution is 0.306. The van der Waals surface area contributed by atoms with Gasteiger partial charge in [-0.3, -0.25) is 9.78 Å². The zero-order valence-corrected chi connectivity index (χ0v) is 14.5. The fourth-order valence-corrected chi connectivity index (χ4v) is 2.30. The molecule has 0 fully saturated rings. The summed E-state index contributed by atoms with van der Waals surface area (Å²) in [5.74, 6) is 1.12. The van der Waals surface area contributed by atoms with E-state index in [9.17, 15) is 4.79 Å². The molecule has 1 aromatic heterocycles. The predicted octanol–water partition coefficient (Wildman–Crippen LogP) is 3.36. The maximum Gasteiger partial charge on any atom is 0.252 e. The van der Waals surface area contributed by atoms with Crippen LogP contribution in [-0.2, 0) is 13.0 Å². The molecule has 0 spiro atoms. The van der Waals surface area contributed by atoms with Crippen molar-refractivity contribution in [1.82, 2.24) is 9.97 Å². The molecule has 132 valence electrons. The summed E-state index contributed by atoms with van der Waals surface area (Å²) in [7, 11) is 0. The van der Waals surface area contributed by atoms with Crippen LogP contribution in [0.5, 0.6) is 5.75 Å². The molecule has 0 aliphatic carbocycles. The highest BCUT2D eigenvalue weighted by Gasteiger charge is 1.99. The first-order valence-electron chi connectivity index (χ1n) is 8.39. The van der Waals surface area contributed by atoms with Crippen LogP contribution >= 0.6 is 0 Å². The van der Waals surface area contributed by atoms with Crippen molar-refractivity contribution in [2.24, 2.45) is 5.10 Å². The van der Waals surface area contributed by atoms with E-state index < -0.39 is 0 Å². The minimum absolute atomic E-state index is 0.200. The van der Waals surface area contributed by atoms with Gasteiger partial charge in [-0.15, -0.1) is 0 Å². The molecule has 3 rings (SSSR count). The molecule has 6 heteroatoms. The summed E-state index contributed by atoms with van der Waals surface area (Å²) in [6, 6.07) is 19.1. The van der Waals surface area contributed by atoms with Gasteiger partial charge < -0.3 is 4.74 Å². The first-order valence-corrected chi connectivity index (χ1v) is 8.39. The summed E-state index contributed by atoms with van der Waals surface area (Å²) in [6.45, 7) is 2.47. The number of nitrogens with zero attached hydrogens (tertiary/aromatic N) is 2. The Kier molecular flexibility index (Phi) is 5.77. The number of aryl methyl sites for hydroxylation is 1. The fraction of sp³-hybridized carbons (Fsp3) is 0.150. The van der Waals surface area contributed by atoms with Gasteiger partial charge in [-0.2, -0.15) is 5.10 Å². The highest BCUT2D eigenvalue weighted by Crippen LogP contribution is 2.13. The molecule has 0 atom stereocenters. The second-order valence-corrected chi connectivity index (χ2v) is 5.65. The van der Waals surface area contributed by atoms with Crippen molar-refractivity contribution in [3.8, 4) is 5.75 Å². The number of H-pyrrole nitrogens is 1. The van der Waals surface area contributed by atoms with Crippen molar-refractivity contribution in [1.29, 1.82) is 0 Å². The minimum atomic E-state index is -0.200. The average Bonchev–Trinajstić information content (AvgIpc) is 2.68. The number of nitrogens with one attached hydrogen (secondary N) is 2. The van der Waals surface area contributed by atoms with Crippen LogP contribution in [0, 0.1) is 0 Å². The molecule has 0 saturated carbocycles. The van der Waals surface area contributed by atoms with E-state index in [1.807, 2.05) is 61.5 Å². The molecule has 2 aromatic carbocycles. The summed E-state index contributed by atoms with van der Waals surface area (Å²) in [4.78, 5) is 18.4. The SMILES string of the molecule is CCc1cc(=O)[nH]c(N/N=C\c2ccc(OCc3ccccc3)cc2)n1. The Morgan fingerprint density at radius 1 is 1.15 bits per heavy atom. The number of hydrazone groups is 1. The smallest absolute Gasteiger partial charge is 0.252 e. The van der Waals surface area contributed by atoms with Crippen LogP contribution in [0.3, 0.4) is 0 Å². The van der Waals surface area contributed by atoms with Crippen LogP contribution in [-0.4, -0.2) is 16.2 Å². The number of aromatic nitrogens is 2. The lowest BCUT2D eigenvalue weighted by atomic mass is 10.2. The molecule has 0 aliphatic heterocycles. The number of hydrogen-bond acceptors (Lipinski definition) is 5. The van der Waals surface area contributed by atoms with Crippen molar-refractivity contribution < 1.29 is 4.74 Å². The first-order chi connectivity index (χ1) is 12.7. The Morgan fingerprint density at radius 3 is 2.65 bits per heavy atom. The molecule has 0 aliphatic rings. The lowest BCUT2D eigenvalue weighted by Gasteiger charge is -2.06. The van der Waals surface area contributed by atoms with E-state index >= 15 is 0 Å². The fourth-order valence-electron chi connectivity index (χ4n) is 2.30. The van der Waals surface area contributed by atoms with E-state index in [1.54, 1.807) is 6.21 Å². The van der Waals surface area contributed by atoms with Crippen LogP contribution in [0.1, 0.15) is 23.7 Å². The number of aromatic amines is 1. The molecular formula is C20H20N4O2. The summed E-state index contributed by atoms with van der Waals surface area (Å²) >= 11 is 0. The monoisotopic (exact) mass is 348 g/mol. The van der Waals surface area contributed by atoms with Crippen molar-refractivity contribution in [3.63, 3.8) is 0 Å². The van der Waals surface area contributed by atoms with Crippen LogP contribution in [0.4, 0.5) is 5.95 Å². The zero-order valence-electron chi connectivity index (χ0n) is 14.5. The van der Waals surface area contributed by atoms with Crippen molar-refractivity contribution in [2.45, 2.75) is 20.0 Å². The van der Waals surface area contributed by atoms with E-state index in [-0.39, 0.29) is 5.56 Å². The Balaban J connectivity index is 1.56. The summed E-state index contributed by atoms with van der Waals surface area (Å²) in [5.41, 5.74) is 5.28.